The van der Waals surface area contributed by atoms with Crippen LogP contribution in [0.3, 0.4) is 0 Å². The van der Waals surface area contributed by atoms with E-state index in [0.717, 1.165) is 12.8 Å². The average molecular weight is 275 g/mol. The molecular formula is C11H15ClN2O2S. The van der Waals surface area contributed by atoms with Gasteiger partial charge in [0.2, 0.25) is 10.0 Å². The summed E-state index contributed by atoms with van der Waals surface area (Å²) in [7, 11) is -1.91. The van der Waals surface area contributed by atoms with E-state index in [1.54, 1.807) is 13.1 Å². The highest BCUT2D eigenvalue weighted by Gasteiger charge is 2.20. The molecule has 6 heteroatoms. The van der Waals surface area contributed by atoms with Crippen molar-refractivity contribution in [1.82, 2.24) is 9.29 Å². The molecule has 0 spiro atoms. The molecule has 0 bridgehead atoms. The molecule has 0 aromatic carbocycles. The largest absolute Gasteiger partial charge is 0.244 e. The Balaban J connectivity index is 2.80. The molecule has 0 unspecified atom stereocenters. The molecule has 1 rings (SSSR count). The zero-order chi connectivity index (χ0) is 12.9. The second-order valence-electron chi connectivity index (χ2n) is 3.57. The molecule has 0 N–H and O–H groups in total. The number of pyridine rings is 1. The Labute approximate surface area is 107 Å². The summed E-state index contributed by atoms with van der Waals surface area (Å²) in [5.41, 5.74) is 0. The standard InChI is InChI=1S/C11H15ClN2O2S/c1-3-4-5-8-14(2)17(15,16)10-6-7-11(12)13-9-10/h3,6-7,9H,1,4-5,8H2,2H3. The van der Waals surface area contributed by atoms with E-state index < -0.39 is 10.0 Å². The zero-order valence-electron chi connectivity index (χ0n) is 9.63. The molecule has 0 saturated heterocycles. The third-order valence-electron chi connectivity index (χ3n) is 2.29. The van der Waals surface area contributed by atoms with Crippen LogP contribution >= 0.6 is 11.6 Å². The highest BCUT2D eigenvalue weighted by molar-refractivity contribution is 7.89. The van der Waals surface area contributed by atoms with Crippen molar-refractivity contribution < 1.29 is 8.42 Å². The normalized spacial score (nSPS) is 11.7. The molecular weight excluding hydrogens is 260 g/mol. The topological polar surface area (TPSA) is 50.3 Å². The van der Waals surface area contributed by atoms with E-state index in [1.165, 1.54) is 22.6 Å². The first-order valence-electron chi connectivity index (χ1n) is 5.17. The fourth-order valence-electron chi connectivity index (χ4n) is 1.27. The summed E-state index contributed by atoms with van der Waals surface area (Å²) < 4.78 is 25.4. The van der Waals surface area contributed by atoms with Crippen LogP contribution in [0.5, 0.6) is 0 Å². The Morgan fingerprint density at radius 2 is 2.24 bits per heavy atom. The first-order valence-corrected chi connectivity index (χ1v) is 6.99. The number of sulfonamides is 1. The maximum absolute atomic E-state index is 12.1. The summed E-state index contributed by atoms with van der Waals surface area (Å²) >= 11 is 5.61. The summed E-state index contributed by atoms with van der Waals surface area (Å²) in [6.45, 7) is 4.05. The number of allylic oxidation sites excluding steroid dienone is 1. The number of rotatable bonds is 6. The quantitative estimate of drug-likeness (QED) is 0.454. The van der Waals surface area contributed by atoms with Crippen LogP contribution in [0, 0.1) is 0 Å². The van der Waals surface area contributed by atoms with Crippen molar-refractivity contribution in [3.8, 4) is 0 Å². The fraction of sp³-hybridized carbons (Fsp3) is 0.364. The minimum atomic E-state index is -3.46. The zero-order valence-corrected chi connectivity index (χ0v) is 11.2. The van der Waals surface area contributed by atoms with Gasteiger partial charge in [0.15, 0.2) is 0 Å². The molecule has 1 heterocycles. The van der Waals surface area contributed by atoms with Gasteiger partial charge in [0, 0.05) is 19.8 Å². The van der Waals surface area contributed by atoms with E-state index in [4.69, 9.17) is 11.6 Å². The van der Waals surface area contributed by atoms with Gasteiger partial charge in [0.1, 0.15) is 10.0 Å². The summed E-state index contributed by atoms with van der Waals surface area (Å²) in [4.78, 5) is 3.92. The Bertz CT molecular complexity index is 471. The molecule has 0 fully saturated rings. The van der Waals surface area contributed by atoms with Crippen LogP contribution in [0.4, 0.5) is 0 Å². The van der Waals surface area contributed by atoms with Crippen LogP contribution < -0.4 is 0 Å². The number of halogens is 1. The monoisotopic (exact) mass is 274 g/mol. The van der Waals surface area contributed by atoms with Crippen molar-refractivity contribution in [3.05, 3.63) is 36.1 Å². The van der Waals surface area contributed by atoms with Gasteiger partial charge in [-0.1, -0.05) is 17.7 Å². The third kappa shape index (κ3) is 3.80. The predicted octanol–water partition coefficient (Wildman–Crippen LogP) is 2.32. The lowest BCUT2D eigenvalue weighted by Crippen LogP contribution is -2.28. The molecule has 17 heavy (non-hydrogen) atoms. The number of aromatic nitrogens is 1. The molecule has 1 aromatic heterocycles. The average Bonchev–Trinajstić information content (AvgIpc) is 2.29. The fourth-order valence-corrected chi connectivity index (χ4v) is 2.54. The van der Waals surface area contributed by atoms with Crippen molar-refractivity contribution >= 4 is 21.6 Å². The van der Waals surface area contributed by atoms with Crippen molar-refractivity contribution in [2.45, 2.75) is 17.7 Å². The number of nitrogens with zero attached hydrogens (tertiary/aromatic N) is 2. The van der Waals surface area contributed by atoms with E-state index in [0.29, 0.717) is 6.54 Å². The molecule has 0 aliphatic heterocycles. The molecule has 0 saturated carbocycles. The van der Waals surface area contributed by atoms with Crippen LogP contribution in [0.25, 0.3) is 0 Å². The highest BCUT2D eigenvalue weighted by Crippen LogP contribution is 2.15. The lowest BCUT2D eigenvalue weighted by molar-refractivity contribution is 0.462. The number of hydrogen-bond donors (Lipinski definition) is 0. The maximum atomic E-state index is 12.1. The second kappa shape index (κ2) is 6.14. The van der Waals surface area contributed by atoms with Crippen molar-refractivity contribution in [1.29, 1.82) is 0 Å². The van der Waals surface area contributed by atoms with Crippen LogP contribution in [0.1, 0.15) is 12.8 Å². The van der Waals surface area contributed by atoms with E-state index in [1.807, 2.05) is 0 Å². The Morgan fingerprint density at radius 1 is 1.53 bits per heavy atom. The van der Waals surface area contributed by atoms with Gasteiger partial charge in [-0.25, -0.2) is 17.7 Å². The van der Waals surface area contributed by atoms with E-state index in [2.05, 4.69) is 11.6 Å². The molecule has 0 amide bonds. The van der Waals surface area contributed by atoms with Crippen LogP contribution in [0.2, 0.25) is 5.15 Å². The minimum Gasteiger partial charge on any atom is -0.243 e. The molecule has 94 valence electrons. The Kier molecular flexibility index (Phi) is 5.11. The van der Waals surface area contributed by atoms with Gasteiger partial charge in [0.25, 0.3) is 0 Å². The predicted molar refractivity (Wildman–Crippen MR) is 68.5 cm³/mol. The molecule has 0 aliphatic rings. The van der Waals surface area contributed by atoms with Gasteiger partial charge in [-0.2, -0.15) is 0 Å². The van der Waals surface area contributed by atoms with Crippen molar-refractivity contribution in [3.63, 3.8) is 0 Å². The summed E-state index contributed by atoms with van der Waals surface area (Å²) in [5.74, 6) is 0. The van der Waals surface area contributed by atoms with Crippen LogP contribution in [-0.2, 0) is 10.0 Å². The second-order valence-corrected chi connectivity index (χ2v) is 6.01. The molecule has 0 aliphatic carbocycles. The highest BCUT2D eigenvalue weighted by atomic mass is 35.5. The van der Waals surface area contributed by atoms with Crippen molar-refractivity contribution in [2.75, 3.05) is 13.6 Å². The van der Waals surface area contributed by atoms with Crippen LogP contribution in [0.15, 0.2) is 35.9 Å². The molecule has 0 radical (unpaired) electrons. The van der Waals surface area contributed by atoms with E-state index >= 15 is 0 Å². The lowest BCUT2D eigenvalue weighted by Gasteiger charge is -2.16. The van der Waals surface area contributed by atoms with Gasteiger partial charge >= 0.3 is 0 Å². The van der Waals surface area contributed by atoms with Gasteiger partial charge < -0.3 is 0 Å². The maximum Gasteiger partial charge on any atom is 0.244 e. The number of unbranched alkanes of at least 4 members (excludes halogenated alkanes) is 1. The SMILES string of the molecule is C=CCCCN(C)S(=O)(=O)c1ccc(Cl)nc1. The van der Waals surface area contributed by atoms with Crippen LogP contribution in [-0.4, -0.2) is 31.3 Å². The summed E-state index contributed by atoms with van der Waals surface area (Å²) in [6.07, 6.45) is 4.57. The third-order valence-corrected chi connectivity index (χ3v) is 4.35. The first-order chi connectivity index (χ1) is 7.98. The Hall–Kier alpha value is -0.910. The summed E-state index contributed by atoms with van der Waals surface area (Å²) in [5, 5.41) is 0.276. The van der Waals surface area contributed by atoms with Gasteiger partial charge in [-0.05, 0) is 25.0 Å². The van der Waals surface area contributed by atoms with E-state index in [-0.39, 0.29) is 10.0 Å². The molecule has 0 atom stereocenters. The smallest absolute Gasteiger partial charge is 0.243 e. The van der Waals surface area contributed by atoms with Gasteiger partial charge in [0.05, 0.1) is 0 Å². The number of hydrogen-bond acceptors (Lipinski definition) is 3. The molecule has 4 nitrogen and oxygen atoms in total. The minimum absolute atomic E-state index is 0.156. The Morgan fingerprint density at radius 3 is 2.76 bits per heavy atom. The molecule has 1 aromatic rings. The first kappa shape index (κ1) is 14.2. The van der Waals surface area contributed by atoms with Crippen molar-refractivity contribution in [2.24, 2.45) is 0 Å². The van der Waals surface area contributed by atoms with Gasteiger partial charge in [-0.15, -0.1) is 6.58 Å². The van der Waals surface area contributed by atoms with E-state index in [9.17, 15) is 8.42 Å². The van der Waals surface area contributed by atoms with Gasteiger partial charge in [-0.3, -0.25) is 0 Å². The lowest BCUT2D eigenvalue weighted by atomic mass is 10.3. The summed E-state index contributed by atoms with van der Waals surface area (Å²) in [6, 6.07) is 2.92.